The van der Waals surface area contributed by atoms with Gasteiger partial charge in [-0.25, -0.2) is 9.97 Å². The number of alkyl halides is 1. The van der Waals surface area contributed by atoms with Crippen molar-refractivity contribution in [2.45, 2.75) is 94.6 Å². The lowest BCUT2D eigenvalue weighted by atomic mass is 10.1. The van der Waals surface area contributed by atoms with Gasteiger partial charge in [0.2, 0.25) is 5.91 Å². The van der Waals surface area contributed by atoms with Gasteiger partial charge in [-0.15, -0.1) is 11.6 Å². The molecule has 0 fully saturated rings. The molecule has 0 bridgehead atoms. The van der Waals surface area contributed by atoms with Gasteiger partial charge in [-0.1, -0.05) is 79.7 Å². The molecule has 73 heavy (non-hydrogen) atoms. The fourth-order valence-corrected chi connectivity index (χ4v) is 7.43. The van der Waals surface area contributed by atoms with E-state index in [0.717, 1.165) is 61.2 Å². The predicted molar refractivity (Wildman–Crippen MR) is 302 cm³/mol. The number of aryl methyl sites for hydroxylation is 2. The van der Waals surface area contributed by atoms with E-state index in [-0.39, 0.29) is 23.6 Å². The maximum Gasteiger partial charge on any atom is 0.256 e. The van der Waals surface area contributed by atoms with Gasteiger partial charge in [0, 0.05) is 41.9 Å². The topological polar surface area (TPSA) is 139 Å². The summed E-state index contributed by atoms with van der Waals surface area (Å²) in [6, 6.07) is 37.1. The van der Waals surface area contributed by atoms with E-state index >= 15 is 0 Å². The Morgan fingerprint density at radius 2 is 1.03 bits per heavy atom. The lowest BCUT2D eigenvalue weighted by molar-refractivity contribution is -0.118. The summed E-state index contributed by atoms with van der Waals surface area (Å²) in [5.74, 6) is 3.51. The van der Waals surface area contributed by atoms with Crippen LogP contribution in [0.25, 0.3) is 33.4 Å². The first kappa shape index (κ1) is 59.7. The molecule has 1 atom stereocenters. The highest BCUT2D eigenvalue weighted by Crippen LogP contribution is 2.30. The molecule has 0 saturated carbocycles. The SMILES string of the molecule is CC.CC.CC.CC.COc1ccc(CN(C(=O)C(C)Cl)c2ccc(-n3c(=O)ccc4ccc(C)cc43)nc2)c(OC)c1.COc1ccc(CNc2ccc(-n3c(=O)ccc4ccc(C)cc43)nc2)c(OC)c1. The average molecular weight is 1010 g/mol. The van der Waals surface area contributed by atoms with Crippen molar-refractivity contribution in [3.8, 4) is 34.6 Å². The van der Waals surface area contributed by atoms with Crippen molar-refractivity contribution in [3.63, 3.8) is 0 Å². The number of amides is 1. The molecule has 13 nitrogen and oxygen atoms in total. The lowest BCUT2D eigenvalue weighted by Crippen LogP contribution is -2.35. The van der Waals surface area contributed by atoms with Gasteiger partial charge in [0.15, 0.2) is 0 Å². The van der Waals surface area contributed by atoms with E-state index in [0.29, 0.717) is 35.4 Å². The summed E-state index contributed by atoms with van der Waals surface area (Å²) in [4.78, 5) is 48.9. The summed E-state index contributed by atoms with van der Waals surface area (Å²) in [5, 5.41) is 4.52. The van der Waals surface area contributed by atoms with Crippen molar-refractivity contribution in [3.05, 3.63) is 177 Å². The molecule has 0 aliphatic rings. The number of carbonyl (C=O) groups is 1. The van der Waals surface area contributed by atoms with Crippen LogP contribution in [0.3, 0.4) is 0 Å². The van der Waals surface area contributed by atoms with Gasteiger partial charge < -0.3 is 29.2 Å². The highest BCUT2D eigenvalue weighted by atomic mass is 35.5. The van der Waals surface area contributed by atoms with Gasteiger partial charge in [-0.2, -0.15) is 0 Å². The molecule has 14 heteroatoms. The van der Waals surface area contributed by atoms with Gasteiger partial charge in [-0.05, 0) is 115 Å². The number of aromatic nitrogens is 4. The van der Waals surface area contributed by atoms with Crippen LogP contribution in [0.4, 0.5) is 11.4 Å². The van der Waals surface area contributed by atoms with Gasteiger partial charge in [0.25, 0.3) is 11.1 Å². The van der Waals surface area contributed by atoms with Crippen LogP contribution < -0.4 is 40.3 Å². The highest BCUT2D eigenvalue weighted by Gasteiger charge is 2.23. The molecule has 0 aliphatic heterocycles. The third-order valence-corrected chi connectivity index (χ3v) is 10.9. The van der Waals surface area contributed by atoms with E-state index in [1.165, 1.54) is 6.07 Å². The summed E-state index contributed by atoms with van der Waals surface area (Å²) in [5.41, 5.74) is 6.63. The smallest absolute Gasteiger partial charge is 0.256 e. The van der Waals surface area contributed by atoms with Crippen LogP contribution in [0.1, 0.15) is 84.6 Å². The van der Waals surface area contributed by atoms with Crippen molar-refractivity contribution < 1.29 is 23.7 Å². The Morgan fingerprint density at radius 1 is 0.575 bits per heavy atom. The Morgan fingerprint density at radius 3 is 1.45 bits per heavy atom. The predicted octanol–water partition coefficient (Wildman–Crippen LogP) is 13.3. The summed E-state index contributed by atoms with van der Waals surface area (Å²) in [7, 11) is 6.41. The van der Waals surface area contributed by atoms with Crippen molar-refractivity contribution in [1.29, 1.82) is 0 Å². The second-order valence-corrected chi connectivity index (χ2v) is 15.8. The van der Waals surface area contributed by atoms with Crippen molar-refractivity contribution in [2.75, 3.05) is 38.7 Å². The molecule has 8 rings (SSSR count). The molecule has 0 spiro atoms. The Kier molecular flexibility index (Phi) is 24.8. The zero-order chi connectivity index (χ0) is 54.2. The van der Waals surface area contributed by atoms with Crippen LogP contribution in [0, 0.1) is 13.8 Å². The van der Waals surface area contributed by atoms with Crippen LogP contribution in [0.2, 0.25) is 0 Å². The summed E-state index contributed by atoms with van der Waals surface area (Å²) in [6.45, 7) is 22.4. The van der Waals surface area contributed by atoms with Crippen molar-refractivity contribution in [1.82, 2.24) is 19.1 Å². The number of halogens is 1. The average Bonchev–Trinajstić information content (AvgIpc) is 3.44. The van der Waals surface area contributed by atoms with E-state index in [1.807, 2.05) is 148 Å². The molecular weight excluding hydrogens is 940 g/mol. The van der Waals surface area contributed by atoms with Crippen LogP contribution in [-0.2, 0) is 17.9 Å². The molecule has 0 radical (unpaired) electrons. The minimum absolute atomic E-state index is 0.107. The van der Waals surface area contributed by atoms with Crippen LogP contribution in [0.15, 0.2) is 143 Å². The molecule has 388 valence electrons. The number of anilines is 2. The standard InChI is InChI=1S/C27H26ClN3O4.C24H23N3O3.4C2H6/c1-17-5-6-19-8-12-26(32)31(23(19)13-17)25-11-9-21(15-29-25)30(27(33)18(2)28)16-20-7-10-22(34-3)14-24(20)35-4;1-16-4-5-17-7-11-24(28)27(21(17)12-16)23-10-8-19(15-26-23)25-14-18-6-9-20(29-2)13-22(18)30-3;4*1-2/h5-15,18H,16H2,1-4H3;4-13,15,25H,14H2,1-3H3;4*1-2H3. The first-order valence-electron chi connectivity index (χ1n) is 24.7. The van der Waals surface area contributed by atoms with E-state index in [2.05, 4.69) is 15.3 Å². The number of pyridine rings is 4. The number of methoxy groups -OCH3 is 4. The molecule has 4 heterocycles. The zero-order valence-electron chi connectivity index (χ0n) is 45.2. The third kappa shape index (κ3) is 15.4. The number of nitrogens with one attached hydrogen (secondary N) is 1. The van der Waals surface area contributed by atoms with Gasteiger partial charge in [-0.3, -0.25) is 23.5 Å². The third-order valence-electron chi connectivity index (χ3n) is 10.8. The normalized spacial score (nSPS) is 10.4. The Hall–Kier alpha value is -7.64. The molecule has 8 aromatic rings. The summed E-state index contributed by atoms with van der Waals surface area (Å²) in [6.07, 6.45) is 3.30. The first-order chi connectivity index (χ1) is 35.4. The van der Waals surface area contributed by atoms with Gasteiger partial charge in [0.1, 0.15) is 40.0 Å². The van der Waals surface area contributed by atoms with E-state index in [1.54, 1.807) is 98.2 Å². The number of ether oxygens (including phenoxy) is 4. The minimum atomic E-state index is -0.748. The molecule has 1 unspecified atom stereocenters. The maximum absolute atomic E-state index is 13.0. The molecule has 1 amide bonds. The summed E-state index contributed by atoms with van der Waals surface area (Å²) < 4.78 is 24.7. The van der Waals surface area contributed by atoms with Crippen molar-refractivity contribution >= 4 is 50.7 Å². The molecule has 0 aliphatic carbocycles. The Balaban J connectivity index is 0.000000342. The fourth-order valence-electron chi connectivity index (χ4n) is 7.31. The Labute approximate surface area is 436 Å². The number of nitrogens with zero attached hydrogens (tertiary/aromatic N) is 5. The van der Waals surface area contributed by atoms with Crippen LogP contribution in [0.5, 0.6) is 23.0 Å². The number of carbonyl (C=O) groups excluding carboxylic acids is 1. The van der Waals surface area contributed by atoms with Crippen LogP contribution >= 0.6 is 11.6 Å². The second-order valence-electron chi connectivity index (χ2n) is 15.2. The molecular formula is C59H73ClN6O7. The fraction of sp³-hybridized carbons (Fsp3) is 0.305. The number of hydrogen-bond acceptors (Lipinski definition) is 10. The second kappa shape index (κ2) is 30.3. The Bertz CT molecular complexity index is 3100. The number of hydrogen-bond donors (Lipinski definition) is 1. The van der Waals surface area contributed by atoms with Crippen LogP contribution in [-0.4, -0.2) is 58.8 Å². The highest BCUT2D eigenvalue weighted by molar-refractivity contribution is 6.32. The van der Waals surface area contributed by atoms with Gasteiger partial charge in [0.05, 0.1) is 69.8 Å². The maximum atomic E-state index is 13.0. The molecule has 4 aromatic carbocycles. The molecule has 1 N–H and O–H groups in total. The van der Waals surface area contributed by atoms with E-state index in [9.17, 15) is 14.4 Å². The zero-order valence-corrected chi connectivity index (χ0v) is 45.9. The van der Waals surface area contributed by atoms with Crippen molar-refractivity contribution in [2.24, 2.45) is 0 Å². The van der Waals surface area contributed by atoms with E-state index in [4.69, 9.17) is 30.5 Å². The first-order valence-corrected chi connectivity index (χ1v) is 25.1. The largest absolute Gasteiger partial charge is 0.497 e. The number of fused-ring (bicyclic) bond motifs is 2. The minimum Gasteiger partial charge on any atom is -0.497 e. The van der Waals surface area contributed by atoms with Gasteiger partial charge >= 0.3 is 0 Å². The van der Waals surface area contributed by atoms with E-state index < -0.39 is 5.38 Å². The molecule has 4 aromatic heterocycles. The lowest BCUT2D eigenvalue weighted by Gasteiger charge is -2.25. The quantitative estimate of drug-likeness (QED) is 0.111. The molecule has 0 saturated heterocycles. The monoisotopic (exact) mass is 1010 g/mol. The summed E-state index contributed by atoms with van der Waals surface area (Å²) >= 11 is 6.18. The number of rotatable bonds is 13. The number of benzene rings is 4.